The number of carbonyl (C=O) groups excluding carboxylic acids is 2. The van der Waals surface area contributed by atoms with Gasteiger partial charge in [0.15, 0.2) is 9.84 Å². The Balaban J connectivity index is 2.04. The highest BCUT2D eigenvalue weighted by Crippen LogP contribution is 2.21. The molecular weight excluding hydrogens is 318 g/mol. The fourth-order valence-electron chi connectivity index (χ4n) is 2.77. The molecule has 0 saturated carbocycles. The van der Waals surface area contributed by atoms with E-state index in [9.17, 15) is 18.0 Å². The first-order valence-electron chi connectivity index (χ1n) is 7.38. The van der Waals surface area contributed by atoms with E-state index in [0.717, 1.165) is 11.1 Å². The lowest BCUT2D eigenvalue weighted by Gasteiger charge is -2.20. The van der Waals surface area contributed by atoms with E-state index in [1.165, 1.54) is 0 Å². The van der Waals surface area contributed by atoms with Crippen LogP contribution in [0.2, 0.25) is 0 Å². The van der Waals surface area contributed by atoms with Crippen LogP contribution in [0.15, 0.2) is 24.3 Å². The number of hydrogen-bond acceptors (Lipinski definition) is 4. The van der Waals surface area contributed by atoms with Crippen LogP contribution in [0, 0.1) is 6.92 Å². The van der Waals surface area contributed by atoms with Gasteiger partial charge in [0.05, 0.1) is 24.0 Å². The molecule has 23 heavy (non-hydrogen) atoms. The van der Waals surface area contributed by atoms with Crippen molar-refractivity contribution in [3.63, 3.8) is 0 Å². The average molecular weight is 339 g/mol. The molecule has 7 nitrogen and oxygen atoms in total. The molecule has 1 fully saturated rings. The Kier molecular flexibility index (Phi) is 5.25. The molecule has 0 spiro atoms. The molecule has 0 bridgehead atoms. The predicted octanol–water partition coefficient (Wildman–Crippen LogP) is 0.398. The van der Waals surface area contributed by atoms with Crippen molar-refractivity contribution >= 4 is 21.8 Å². The molecule has 2 rings (SSSR count). The van der Waals surface area contributed by atoms with Crippen molar-refractivity contribution in [2.75, 3.05) is 11.5 Å². The van der Waals surface area contributed by atoms with Crippen LogP contribution in [0.1, 0.15) is 30.0 Å². The van der Waals surface area contributed by atoms with E-state index in [1.807, 2.05) is 31.2 Å². The van der Waals surface area contributed by atoms with Crippen molar-refractivity contribution < 1.29 is 18.0 Å². The second kappa shape index (κ2) is 6.99. The smallest absolute Gasteiger partial charge is 0.312 e. The summed E-state index contributed by atoms with van der Waals surface area (Å²) in [5.41, 5.74) is 6.93. The topological polar surface area (TPSA) is 118 Å². The Bertz CT molecular complexity index is 702. The number of nitrogens with two attached hydrogens (primary N) is 1. The van der Waals surface area contributed by atoms with Gasteiger partial charge in [-0.2, -0.15) is 0 Å². The van der Waals surface area contributed by atoms with Crippen LogP contribution in [0.25, 0.3) is 0 Å². The first-order chi connectivity index (χ1) is 10.8. The standard InChI is InChI=1S/C15H21N3O4S/c1-10-4-2-3-5-12(10)13(18-15(16)20)8-14(19)17-11-6-7-23(21,22)9-11/h2-5,11,13H,6-9H2,1H3,(H,17,19)(H3,16,18,20)/t11-,13-/m0/s1. The maximum atomic E-state index is 12.2. The second-order valence-corrected chi connectivity index (χ2v) is 8.02. The Morgan fingerprint density at radius 2 is 2.04 bits per heavy atom. The van der Waals surface area contributed by atoms with Crippen molar-refractivity contribution in [1.82, 2.24) is 10.6 Å². The molecule has 1 aliphatic heterocycles. The Morgan fingerprint density at radius 3 is 2.61 bits per heavy atom. The molecule has 3 amide bonds. The molecule has 126 valence electrons. The molecule has 1 aromatic carbocycles. The third-order valence-electron chi connectivity index (χ3n) is 3.87. The quantitative estimate of drug-likeness (QED) is 0.719. The lowest BCUT2D eigenvalue weighted by Crippen LogP contribution is -2.40. The molecule has 1 saturated heterocycles. The summed E-state index contributed by atoms with van der Waals surface area (Å²) >= 11 is 0. The molecule has 0 aromatic heterocycles. The summed E-state index contributed by atoms with van der Waals surface area (Å²) < 4.78 is 22.9. The monoisotopic (exact) mass is 339 g/mol. The van der Waals surface area contributed by atoms with E-state index in [2.05, 4.69) is 10.6 Å². The molecule has 8 heteroatoms. The van der Waals surface area contributed by atoms with Gasteiger partial charge in [0.25, 0.3) is 0 Å². The normalized spacial score (nSPS) is 20.7. The van der Waals surface area contributed by atoms with E-state index >= 15 is 0 Å². The summed E-state index contributed by atoms with van der Waals surface area (Å²) in [6.45, 7) is 1.88. The summed E-state index contributed by atoms with van der Waals surface area (Å²) in [5, 5.41) is 5.29. The maximum Gasteiger partial charge on any atom is 0.312 e. The van der Waals surface area contributed by atoms with Gasteiger partial charge in [-0.25, -0.2) is 13.2 Å². The van der Waals surface area contributed by atoms with Gasteiger partial charge >= 0.3 is 6.03 Å². The fourth-order valence-corrected chi connectivity index (χ4v) is 4.44. The molecule has 2 atom stereocenters. The van der Waals surface area contributed by atoms with Gasteiger partial charge in [-0.3, -0.25) is 4.79 Å². The lowest BCUT2D eigenvalue weighted by atomic mass is 9.98. The number of benzene rings is 1. The molecule has 4 N–H and O–H groups in total. The van der Waals surface area contributed by atoms with Gasteiger partial charge < -0.3 is 16.4 Å². The third kappa shape index (κ3) is 4.95. The molecular formula is C15H21N3O4S. The number of amides is 3. The highest BCUT2D eigenvalue weighted by atomic mass is 32.2. The predicted molar refractivity (Wildman–Crippen MR) is 86.5 cm³/mol. The minimum Gasteiger partial charge on any atom is -0.352 e. The van der Waals surface area contributed by atoms with E-state index < -0.39 is 21.9 Å². The Labute approximate surface area is 135 Å². The van der Waals surface area contributed by atoms with Gasteiger partial charge in [0.1, 0.15) is 0 Å². The van der Waals surface area contributed by atoms with Crippen molar-refractivity contribution in [2.24, 2.45) is 5.73 Å². The van der Waals surface area contributed by atoms with Crippen LogP contribution in [0.3, 0.4) is 0 Å². The molecule has 0 unspecified atom stereocenters. The SMILES string of the molecule is Cc1ccccc1[C@H](CC(=O)N[C@H]1CCS(=O)(=O)C1)NC(N)=O. The highest BCUT2D eigenvalue weighted by molar-refractivity contribution is 7.91. The maximum absolute atomic E-state index is 12.2. The van der Waals surface area contributed by atoms with E-state index in [-0.39, 0.29) is 29.9 Å². The largest absolute Gasteiger partial charge is 0.352 e. The van der Waals surface area contributed by atoms with Crippen LogP contribution in [-0.4, -0.2) is 37.9 Å². The van der Waals surface area contributed by atoms with Crippen LogP contribution in [-0.2, 0) is 14.6 Å². The number of rotatable bonds is 5. The van der Waals surface area contributed by atoms with E-state index in [4.69, 9.17) is 5.73 Å². The Morgan fingerprint density at radius 1 is 1.35 bits per heavy atom. The van der Waals surface area contributed by atoms with Crippen LogP contribution in [0.5, 0.6) is 0 Å². The van der Waals surface area contributed by atoms with Crippen LogP contribution < -0.4 is 16.4 Å². The molecule has 0 aliphatic carbocycles. The zero-order chi connectivity index (χ0) is 17.0. The summed E-state index contributed by atoms with van der Waals surface area (Å²) in [4.78, 5) is 23.4. The third-order valence-corrected chi connectivity index (χ3v) is 5.64. The zero-order valence-corrected chi connectivity index (χ0v) is 13.7. The molecule has 0 radical (unpaired) electrons. The van der Waals surface area contributed by atoms with Crippen molar-refractivity contribution in [1.29, 1.82) is 0 Å². The van der Waals surface area contributed by atoms with E-state index in [0.29, 0.717) is 6.42 Å². The number of nitrogens with one attached hydrogen (secondary N) is 2. The lowest BCUT2D eigenvalue weighted by molar-refractivity contribution is -0.122. The first-order valence-corrected chi connectivity index (χ1v) is 9.20. The average Bonchev–Trinajstić information content (AvgIpc) is 2.77. The minimum atomic E-state index is -3.05. The van der Waals surface area contributed by atoms with Crippen LogP contribution in [0.4, 0.5) is 4.79 Å². The zero-order valence-electron chi connectivity index (χ0n) is 12.9. The summed E-state index contributed by atoms with van der Waals surface area (Å²) in [6, 6.07) is 5.76. The number of aryl methyl sites for hydroxylation is 1. The minimum absolute atomic E-state index is 0.00431. The van der Waals surface area contributed by atoms with Gasteiger partial charge in [0, 0.05) is 6.04 Å². The van der Waals surface area contributed by atoms with Gasteiger partial charge in [-0.15, -0.1) is 0 Å². The summed E-state index contributed by atoms with van der Waals surface area (Å²) in [7, 11) is -3.05. The van der Waals surface area contributed by atoms with Crippen LogP contribution >= 0.6 is 0 Å². The Hall–Kier alpha value is -2.09. The molecule has 1 heterocycles. The number of carbonyl (C=O) groups is 2. The van der Waals surface area contributed by atoms with Crippen molar-refractivity contribution in [2.45, 2.75) is 31.8 Å². The van der Waals surface area contributed by atoms with Gasteiger partial charge in [-0.05, 0) is 24.5 Å². The number of sulfone groups is 1. The fraction of sp³-hybridized carbons (Fsp3) is 0.467. The second-order valence-electron chi connectivity index (χ2n) is 5.79. The van der Waals surface area contributed by atoms with Gasteiger partial charge in [-0.1, -0.05) is 24.3 Å². The number of urea groups is 1. The van der Waals surface area contributed by atoms with Crippen molar-refractivity contribution in [3.8, 4) is 0 Å². The van der Waals surface area contributed by atoms with Crippen molar-refractivity contribution in [3.05, 3.63) is 35.4 Å². The van der Waals surface area contributed by atoms with Gasteiger partial charge in [0.2, 0.25) is 5.91 Å². The highest BCUT2D eigenvalue weighted by Gasteiger charge is 2.29. The molecule has 1 aliphatic rings. The summed E-state index contributed by atoms with van der Waals surface area (Å²) in [6.07, 6.45) is 0.427. The first kappa shape index (κ1) is 17.3. The number of primary amides is 1. The summed E-state index contributed by atoms with van der Waals surface area (Å²) in [5.74, 6) is -0.246. The molecule has 1 aromatic rings. The number of hydrogen-bond donors (Lipinski definition) is 3. The van der Waals surface area contributed by atoms with E-state index in [1.54, 1.807) is 0 Å².